The van der Waals surface area contributed by atoms with Gasteiger partial charge in [0.05, 0.1) is 5.56 Å². The van der Waals surface area contributed by atoms with Crippen LogP contribution in [0.1, 0.15) is 16.1 Å². The van der Waals surface area contributed by atoms with Crippen molar-refractivity contribution in [2.24, 2.45) is 0 Å². The standard InChI is InChI=1S/C8H4FNO2/c1-2-5-3-4-10-7(6(5)9)8(11)12/h1,3-4H,(H,11,12). The van der Waals surface area contributed by atoms with Crippen LogP contribution in [0, 0.1) is 18.2 Å². The lowest BCUT2D eigenvalue weighted by Crippen LogP contribution is -2.05. The van der Waals surface area contributed by atoms with Crippen molar-refractivity contribution in [2.75, 3.05) is 0 Å². The average Bonchev–Trinajstić information content (AvgIpc) is 2.04. The fraction of sp³-hybridized carbons (Fsp3) is 0. The highest BCUT2D eigenvalue weighted by atomic mass is 19.1. The Bertz CT molecular complexity index is 368. The molecule has 0 radical (unpaired) electrons. The Morgan fingerprint density at radius 1 is 1.75 bits per heavy atom. The summed E-state index contributed by atoms with van der Waals surface area (Å²) in [6.07, 6.45) is 6.06. The van der Waals surface area contributed by atoms with E-state index >= 15 is 0 Å². The summed E-state index contributed by atoms with van der Waals surface area (Å²) in [5.74, 6) is -0.379. The zero-order chi connectivity index (χ0) is 9.14. The van der Waals surface area contributed by atoms with Crippen molar-refractivity contribution >= 4 is 5.97 Å². The van der Waals surface area contributed by atoms with E-state index in [1.165, 1.54) is 6.07 Å². The zero-order valence-electron chi connectivity index (χ0n) is 5.91. The Kier molecular flexibility index (Phi) is 2.06. The van der Waals surface area contributed by atoms with Gasteiger partial charge in [-0.15, -0.1) is 6.42 Å². The molecule has 1 N–H and O–H groups in total. The first-order valence-corrected chi connectivity index (χ1v) is 3.01. The molecule has 1 aromatic heterocycles. The topological polar surface area (TPSA) is 50.2 Å². The molecule has 0 spiro atoms. The molecule has 60 valence electrons. The van der Waals surface area contributed by atoms with E-state index in [2.05, 4.69) is 4.98 Å². The highest BCUT2D eigenvalue weighted by Gasteiger charge is 2.13. The molecule has 0 aromatic carbocycles. The van der Waals surface area contributed by atoms with Crippen LogP contribution in [0.3, 0.4) is 0 Å². The number of rotatable bonds is 1. The van der Waals surface area contributed by atoms with Crippen LogP contribution >= 0.6 is 0 Å². The number of pyridine rings is 1. The van der Waals surface area contributed by atoms with E-state index in [4.69, 9.17) is 11.5 Å². The summed E-state index contributed by atoms with van der Waals surface area (Å²) < 4.78 is 12.9. The maximum Gasteiger partial charge on any atom is 0.357 e. The molecule has 0 amide bonds. The summed E-state index contributed by atoms with van der Waals surface area (Å²) in [5, 5.41) is 8.41. The van der Waals surface area contributed by atoms with Crippen molar-refractivity contribution in [3.05, 3.63) is 29.3 Å². The van der Waals surface area contributed by atoms with Crippen LogP contribution < -0.4 is 0 Å². The van der Waals surface area contributed by atoms with E-state index in [1.54, 1.807) is 0 Å². The van der Waals surface area contributed by atoms with Crippen LogP contribution in [0.15, 0.2) is 12.3 Å². The van der Waals surface area contributed by atoms with Crippen LogP contribution in [0.4, 0.5) is 4.39 Å². The van der Waals surface area contributed by atoms with Crippen LogP contribution in [0.2, 0.25) is 0 Å². The largest absolute Gasteiger partial charge is 0.476 e. The van der Waals surface area contributed by atoms with E-state index in [1.807, 2.05) is 5.92 Å². The lowest BCUT2D eigenvalue weighted by atomic mass is 10.2. The molecule has 0 bridgehead atoms. The number of hydrogen-bond donors (Lipinski definition) is 1. The molecule has 0 aliphatic rings. The maximum absolute atomic E-state index is 12.9. The molecule has 0 unspecified atom stereocenters. The van der Waals surface area contributed by atoms with Gasteiger partial charge in [-0.3, -0.25) is 0 Å². The lowest BCUT2D eigenvalue weighted by Gasteiger charge is -1.96. The minimum Gasteiger partial charge on any atom is -0.476 e. The molecular weight excluding hydrogens is 161 g/mol. The molecule has 0 fully saturated rings. The molecule has 12 heavy (non-hydrogen) atoms. The summed E-state index contributed by atoms with van der Waals surface area (Å²) in [7, 11) is 0. The second kappa shape index (κ2) is 3.01. The van der Waals surface area contributed by atoms with Crippen molar-refractivity contribution in [1.29, 1.82) is 0 Å². The van der Waals surface area contributed by atoms with Crippen LogP contribution in [0.25, 0.3) is 0 Å². The molecule has 1 heterocycles. The molecule has 3 nitrogen and oxygen atoms in total. The zero-order valence-corrected chi connectivity index (χ0v) is 5.91. The number of carboxylic acid groups (broad SMARTS) is 1. The highest BCUT2D eigenvalue weighted by Crippen LogP contribution is 2.08. The number of nitrogens with zero attached hydrogens (tertiary/aromatic N) is 1. The third kappa shape index (κ3) is 1.25. The van der Waals surface area contributed by atoms with E-state index in [0.29, 0.717) is 0 Å². The summed E-state index contributed by atoms with van der Waals surface area (Å²) in [6, 6.07) is 1.24. The van der Waals surface area contributed by atoms with Crippen LogP contribution in [-0.2, 0) is 0 Å². The van der Waals surface area contributed by atoms with Gasteiger partial charge in [0.1, 0.15) is 0 Å². The fourth-order valence-corrected chi connectivity index (χ4v) is 0.704. The Balaban J connectivity index is 3.35. The molecule has 0 atom stereocenters. The fourth-order valence-electron chi connectivity index (χ4n) is 0.704. The van der Waals surface area contributed by atoms with Gasteiger partial charge in [0.25, 0.3) is 0 Å². The SMILES string of the molecule is C#Cc1ccnc(C(=O)O)c1F. The average molecular weight is 165 g/mol. The molecule has 1 aromatic rings. The molecule has 0 saturated carbocycles. The maximum atomic E-state index is 12.9. The second-order valence-corrected chi connectivity index (χ2v) is 1.97. The van der Waals surface area contributed by atoms with Gasteiger partial charge in [-0.05, 0) is 6.07 Å². The van der Waals surface area contributed by atoms with Crippen molar-refractivity contribution in [1.82, 2.24) is 4.98 Å². The molecule has 1 rings (SSSR count). The first-order valence-electron chi connectivity index (χ1n) is 3.01. The van der Waals surface area contributed by atoms with Crippen LogP contribution in [-0.4, -0.2) is 16.1 Å². The minimum absolute atomic E-state index is 0.0950. The predicted molar refractivity (Wildman–Crippen MR) is 39.1 cm³/mol. The monoisotopic (exact) mass is 165 g/mol. The Morgan fingerprint density at radius 3 is 2.92 bits per heavy atom. The first kappa shape index (κ1) is 8.21. The molecule has 0 aliphatic heterocycles. The van der Waals surface area contributed by atoms with Gasteiger partial charge in [-0.2, -0.15) is 0 Å². The summed E-state index contributed by atoms with van der Waals surface area (Å²) in [4.78, 5) is 13.6. The normalized spacial score (nSPS) is 9.00. The summed E-state index contributed by atoms with van der Waals surface area (Å²) in [6.45, 7) is 0. The number of hydrogen-bond acceptors (Lipinski definition) is 2. The van der Waals surface area contributed by atoms with E-state index in [-0.39, 0.29) is 5.56 Å². The van der Waals surface area contributed by atoms with E-state index in [0.717, 1.165) is 6.20 Å². The molecular formula is C8H4FNO2. The lowest BCUT2D eigenvalue weighted by molar-refractivity contribution is 0.0685. The van der Waals surface area contributed by atoms with Gasteiger partial charge in [0.2, 0.25) is 0 Å². The third-order valence-corrected chi connectivity index (χ3v) is 1.25. The Labute approximate surface area is 67.9 Å². The predicted octanol–water partition coefficient (Wildman–Crippen LogP) is 0.900. The Hall–Kier alpha value is -1.89. The van der Waals surface area contributed by atoms with Crippen molar-refractivity contribution in [2.45, 2.75) is 0 Å². The summed E-state index contributed by atoms with van der Waals surface area (Å²) >= 11 is 0. The van der Waals surface area contributed by atoms with Gasteiger partial charge in [0, 0.05) is 6.20 Å². The highest BCUT2D eigenvalue weighted by molar-refractivity contribution is 5.86. The number of aromatic carboxylic acids is 1. The first-order chi connectivity index (χ1) is 5.66. The van der Waals surface area contributed by atoms with Crippen LogP contribution in [0.5, 0.6) is 0 Å². The minimum atomic E-state index is -1.43. The molecule has 0 saturated heterocycles. The number of terminal acetylenes is 1. The Morgan fingerprint density at radius 2 is 2.42 bits per heavy atom. The van der Waals surface area contributed by atoms with Gasteiger partial charge in [-0.1, -0.05) is 5.92 Å². The number of halogens is 1. The van der Waals surface area contributed by atoms with E-state index in [9.17, 15) is 9.18 Å². The third-order valence-electron chi connectivity index (χ3n) is 1.25. The van der Waals surface area contributed by atoms with Crippen molar-refractivity contribution < 1.29 is 14.3 Å². The smallest absolute Gasteiger partial charge is 0.357 e. The molecule has 0 aliphatic carbocycles. The van der Waals surface area contributed by atoms with Gasteiger partial charge >= 0.3 is 5.97 Å². The number of aromatic nitrogens is 1. The van der Waals surface area contributed by atoms with Gasteiger partial charge in [0.15, 0.2) is 11.5 Å². The molecule has 4 heteroatoms. The van der Waals surface area contributed by atoms with Crippen molar-refractivity contribution in [3.8, 4) is 12.3 Å². The summed E-state index contributed by atoms with van der Waals surface area (Å²) in [5.41, 5.74) is -0.743. The van der Waals surface area contributed by atoms with Gasteiger partial charge < -0.3 is 5.11 Å². The van der Waals surface area contributed by atoms with Gasteiger partial charge in [-0.25, -0.2) is 14.2 Å². The van der Waals surface area contributed by atoms with Crippen molar-refractivity contribution in [3.63, 3.8) is 0 Å². The number of carboxylic acids is 1. The quantitative estimate of drug-likeness (QED) is 0.629. The second-order valence-electron chi connectivity index (χ2n) is 1.97. The van der Waals surface area contributed by atoms with E-state index < -0.39 is 17.5 Å². The number of carbonyl (C=O) groups is 1.